The number of aliphatic hydroxyl groups is 1. The van der Waals surface area contributed by atoms with Crippen LogP contribution in [0, 0.1) is 0 Å². The number of fused-ring (bicyclic) bond motifs is 1. The molecule has 7 heteroatoms. The highest BCUT2D eigenvalue weighted by Gasteiger charge is 2.35. The molecule has 1 aliphatic heterocycles. The van der Waals surface area contributed by atoms with Gasteiger partial charge < -0.3 is 15.7 Å². The van der Waals surface area contributed by atoms with Crippen LogP contribution in [0.4, 0.5) is 13.2 Å². The molecule has 2 atom stereocenters. The number of nitrogens with one attached hydrogen (secondary N) is 2. The fraction of sp³-hybridized carbons (Fsp3) is 0.316. The molecule has 2 aromatic carbocycles. The van der Waals surface area contributed by atoms with E-state index in [-0.39, 0.29) is 12.6 Å². The van der Waals surface area contributed by atoms with Crippen molar-refractivity contribution in [2.45, 2.75) is 31.3 Å². The van der Waals surface area contributed by atoms with Gasteiger partial charge in [0.15, 0.2) is 0 Å². The van der Waals surface area contributed by atoms with Crippen LogP contribution in [0.25, 0.3) is 0 Å². The van der Waals surface area contributed by atoms with E-state index < -0.39 is 29.3 Å². The molecule has 3 rings (SSSR count). The molecule has 0 saturated carbocycles. The molecule has 138 valence electrons. The van der Waals surface area contributed by atoms with E-state index in [0.29, 0.717) is 13.0 Å². The topological polar surface area (TPSA) is 61.4 Å². The summed E-state index contributed by atoms with van der Waals surface area (Å²) in [5.41, 5.74) is 0.828. The van der Waals surface area contributed by atoms with Crippen LogP contribution in [0.15, 0.2) is 48.5 Å². The van der Waals surface area contributed by atoms with Gasteiger partial charge in [0, 0.05) is 19.1 Å². The molecule has 1 aliphatic rings. The lowest BCUT2D eigenvalue weighted by molar-refractivity contribution is -0.137. The summed E-state index contributed by atoms with van der Waals surface area (Å²) in [7, 11) is 0. The summed E-state index contributed by atoms with van der Waals surface area (Å²) >= 11 is 0. The Hall–Kier alpha value is -2.38. The molecule has 26 heavy (non-hydrogen) atoms. The predicted octanol–water partition coefficient (Wildman–Crippen LogP) is 2.51. The second-order valence-corrected chi connectivity index (χ2v) is 6.28. The molecule has 0 bridgehead atoms. The Balaban J connectivity index is 1.62. The van der Waals surface area contributed by atoms with Crippen molar-refractivity contribution in [1.82, 2.24) is 10.6 Å². The van der Waals surface area contributed by atoms with Gasteiger partial charge in [-0.3, -0.25) is 4.79 Å². The van der Waals surface area contributed by atoms with Crippen LogP contribution in [0.3, 0.4) is 0 Å². The molecule has 1 amide bonds. The minimum absolute atomic E-state index is 0.134. The van der Waals surface area contributed by atoms with E-state index in [0.717, 1.165) is 23.3 Å². The number of hydrogen-bond acceptors (Lipinski definition) is 3. The average molecular weight is 364 g/mol. The smallest absolute Gasteiger partial charge is 0.390 e. The Bertz CT molecular complexity index is 792. The lowest BCUT2D eigenvalue weighted by Gasteiger charge is -2.30. The second-order valence-electron chi connectivity index (χ2n) is 6.28. The fourth-order valence-corrected chi connectivity index (χ4v) is 3.11. The third-order valence-corrected chi connectivity index (χ3v) is 4.53. The monoisotopic (exact) mass is 364 g/mol. The van der Waals surface area contributed by atoms with Crippen LogP contribution in [0.5, 0.6) is 0 Å². The van der Waals surface area contributed by atoms with Crippen LogP contribution in [-0.2, 0) is 19.1 Å². The first kappa shape index (κ1) is 18.4. The summed E-state index contributed by atoms with van der Waals surface area (Å²) in [5, 5.41) is 15.9. The van der Waals surface area contributed by atoms with Gasteiger partial charge in [-0.25, -0.2) is 0 Å². The lowest BCUT2D eigenvalue weighted by Crippen LogP contribution is -2.49. The summed E-state index contributed by atoms with van der Waals surface area (Å²) in [4.78, 5) is 12.2. The van der Waals surface area contributed by atoms with Crippen LogP contribution < -0.4 is 10.6 Å². The highest BCUT2D eigenvalue weighted by atomic mass is 19.4. The summed E-state index contributed by atoms with van der Waals surface area (Å²) in [6.45, 7) is 0.466. The zero-order chi connectivity index (χ0) is 18.7. The molecule has 0 saturated heterocycles. The quantitative estimate of drug-likeness (QED) is 0.781. The first-order chi connectivity index (χ1) is 12.4. The molecule has 0 aromatic heterocycles. The average Bonchev–Trinajstić information content (AvgIpc) is 2.64. The fourth-order valence-electron chi connectivity index (χ4n) is 3.11. The van der Waals surface area contributed by atoms with Gasteiger partial charge in [-0.05, 0) is 29.7 Å². The van der Waals surface area contributed by atoms with Crippen molar-refractivity contribution in [2.75, 3.05) is 6.54 Å². The predicted molar refractivity (Wildman–Crippen MR) is 90.6 cm³/mol. The third-order valence-electron chi connectivity index (χ3n) is 4.53. The Kier molecular flexibility index (Phi) is 5.29. The molecule has 3 N–H and O–H groups in total. The normalized spacial score (nSPS) is 18.1. The largest absolute Gasteiger partial charge is 0.417 e. The van der Waals surface area contributed by atoms with Gasteiger partial charge in [-0.1, -0.05) is 36.4 Å². The maximum absolute atomic E-state index is 13.0. The van der Waals surface area contributed by atoms with Crippen molar-refractivity contribution in [3.8, 4) is 0 Å². The molecule has 0 aliphatic carbocycles. The first-order valence-corrected chi connectivity index (χ1v) is 8.29. The Morgan fingerprint density at radius 1 is 1.15 bits per heavy atom. The van der Waals surface area contributed by atoms with E-state index in [1.807, 2.05) is 24.3 Å². The zero-order valence-corrected chi connectivity index (χ0v) is 13.9. The van der Waals surface area contributed by atoms with Crippen molar-refractivity contribution in [2.24, 2.45) is 0 Å². The van der Waals surface area contributed by atoms with Crippen molar-refractivity contribution in [1.29, 1.82) is 0 Å². The van der Waals surface area contributed by atoms with Gasteiger partial charge in [0.05, 0.1) is 17.2 Å². The standard InChI is InChI=1S/C19H19F3N2O2/c20-19(21,22)15-8-4-3-7-14(15)18(26)24-11-17(25)16-9-12-5-1-2-6-13(12)10-23-16/h1-8,16-17,23,25H,9-11H2,(H,24,26)/t16-,17?/m0/s1. The SMILES string of the molecule is O=C(NCC(O)[C@@H]1Cc2ccccc2CN1)c1ccccc1C(F)(F)F. The third kappa shape index (κ3) is 4.05. The van der Waals surface area contributed by atoms with Crippen molar-refractivity contribution in [3.63, 3.8) is 0 Å². The van der Waals surface area contributed by atoms with Crippen molar-refractivity contribution in [3.05, 3.63) is 70.8 Å². The number of rotatable bonds is 4. The highest BCUT2D eigenvalue weighted by Crippen LogP contribution is 2.31. The van der Waals surface area contributed by atoms with Crippen molar-refractivity contribution < 1.29 is 23.1 Å². The summed E-state index contributed by atoms with van der Waals surface area (Å²) in [6, 6.07) is 12.2. The van der Waals surface area contributed by atoms with E-state index in [2.05, 4.69) is 10.6 Å². The number of hydrogen-bond donors (Lipinski definition) is 3. The molecule has 2 aromatic rings. The van der Waals surface area contributed by atoms with Gasteiger partial charge in [-0.2, -0.15) is 13.2 Å². The molecule has 4 nitrogen and oxygen atoms in total. The molecular weight excluding hydrogens is 345 g/mol. The summed E-state index contributed by atoms with van der Waals surface area (Å²) in [5.74, 6) is -0.854. The number of benzene rings is 2. The number of alkyl halides is 3. The van der Waals surface area contributed by atoms with E-state index in [1.54, 1.807) is 0 Å². The number of halogens is 3. The molecule has 1 heterocycles. The Morgan fingerprint density at radius 3 is 2.54 bits per heavy atom. The minimum atomic E-state index is -4.61. The number of amides is 1. The van der Waals surface area contributed by atoms with Gasteiger partial charge in [0.25, 0.3) is 5.91 Å². The van der Waals surface area contributed by atoms with Gasteiger partial charge in [-0.15, -0.1) is 0 Å². The summed E-state index contributed by atoms with van der Waals surface area (Å²) in [6.07, 6.45) is -4.93. The molecule has 0 fully saturated rings. The number of carbonyl (C=O) groups is 1. The first-order valence-electron chi connectivity index (χ1n) is 8.29. The zero-order valence-electron chi connectivity index (χ0n) is 13.9. The number of aliphatic hydroxyl groups excluding tert-OH is 1. The Morgan fingerprint density at radius 2 is 1.81 bits per heavy atom. The van der Waals surface area contributed by atoms with Crippen LogP contribution >= 0.6 is 0 Å². The lowest BCUT2D eigenvalue weighted by atomic mass is 9.93. The van der Waals surface area contributed by atoms with E-state index in [4.69, 9.17) is 0 Å². The minimum Gasteiger partial charge on any atom is -0.390 e. The van der Waals surface area contributed by atoms with Gasteiger partial charge in [0.1, 0.15) is 0 Å². The maximum atomic E-state index is 13.0. The maximum Gasteiger partial charge on any atom is 0.417 e. The molecule has 0 spiro atoms. The van der Waals surface area contributed by atoms with E-state index in [9.17, 15) is 23.1 Å². The summed E-state index contributed by atoms with van der Waals surface area (Å²) < 4.78 is 39.0. The van der Waals surface area contributed by atoms with E-state index >= 15 is 0 Å². The van der Waals surface area contributed by atoms with Gasteiger partial charge >= 0.3 is 6.18 Å². The molecule has 0 radical (unpaired) electrons. The Labute approximate surface area is 149 Å². The highest BCUT2D eigenvalue weighted by molar-refractivity contribution is 5.95. The van der Waals surface area contributed by atoms with E-state index in [1.165, 1.54) is 12.1 Å². The van der Waals surface area contributed by atoms with Crippen LogP contribution in [0.2, 0.25) is 0 Å². The number of carbonyl (C=O) groups excluding carboxylic acids is 1. The van der Waals surface area contributed by atoms with Gasteiger partial charge in [0.2, 0.25) is 0 Å². The molecule has 1 unspecified atom stereocenters. The molecular formula is C19H19F3N2O2. The second kappa shape index (κ2) is 7.47. The van der Waals surface area contributed by atoms with Crippen LogP contribution in [0.1, 0.15) is 27.0 Å². The van der Waals surface area contributed by atoms with Crippen LogP contribution in [-0.4, -0.2) is 29.7 Å². The van der Waals surface area contributed by atoms with Crippen molar-refractivity contribution >= 4 is 5.91 Å².